The first kappa shape index (κ1) is 24.1. The number of aromatic nitrogens is 2. The molecule has 0 saturated carbocycles. The van der Waals surface area contributed by atoms with Crippen molar-refractivity contribution < 1.29 is 13.2 Å². The van der Waals surface area contributed by atoms with Crippen LogP contribution in [0.15, 0.2) is 71.9 Å². The van der Waals surface area contributed by atoms with Crippen LogP contribution in [0, 0.1) is 0 Å². The minimum atomic E-state index is -3.50. The Morgan fingerprint density at radius 3 is 2.35 bits per heavy atom. The molecule has 0 radical (unpaired) electrons. The second kappa shape index (κ2) is 10.9. The van der Waals surface area contributed by atoms with Crippen LogP contribution < -0.4 is 5.32 Å². The fraction of sp³-hybridized carbons (Fsp3) is 0.360. The molecule has 0 aliphatic carbocycles. The lowest BCUT2D eigenvalue weighted by molar-refractivity contribution is -0.117. The molecule has 2 aromatic carbocycles. The molecule has 4 rings (SSSR count). The van der Waals surface area contributed by atoms with Gasteiger partial charge in [-0.1, -0.05) is 31.0 Å². The van der Waals surface area contributed by atoms with Crippen LogP contribution >= 0.6 is 0 Å². The van der Waals surface area contributed by atoms with Crippen molar-refractivity contribution in [3.05, 3.63) is 72.6 Å². The minimum absolute atomic E-state index is 0.166. The number of nitrogens with zero attached hydrogens (tertiary/aromatic N) is 4. The molecule has 2 heterocycles. The number of amides is 1. The molecule has 34 heavy (non-hydrogen) atoms. The molecule has 1 aliphatic heterocycles. The van der Waals surface area contributed by atoms with Crippen molar-refractivity contribution in [3.8, 4) is 5.69 Å². The van der Waals surface area contributed by atoms with Crippen molar-refractivity contribution in [1.29, 1.82) is 0 Å². The van der Waals surface area contributed by atoms with E-state index < -0.39 is 10.0 Å². The molecule has 180 valence electrons. The molecule has 1 aromatic heterocycles. The summed E-state index contributed by atoms with van der Waals surface area (Å²) < 4.78 is 29.2. The van der Waals surface area contributed by atoms with Crippen molar-refractivity contribution in [2.45, 2.75) is 37.1 Å². The van der Waals surface area contributed by atoms with E-state index >= 15 is 0 Å². The van der Waals surface area contributed by atoms with Crippen LogP contribution in [0.1, 0.15) is 31.2 Å². The lowest BCUT2D eigenvalue weighted by Gasteiger charge is -2.20. The molecule has 3 aromatic rings. The van der Waals surface area contributed by atoms with Gasteiger partial charge in [0.25, 0.3) is 0 Å². The number of likely N-dealkylation sites (N-methyl/N-ethyl adjacent to an activating group) is 1. The standard InChI is InChI=1S/C25H31N5O3S/c1-28(18-21-17-26-30(19-21)23-9-5-4-6-10-23)20-25(31)27-22-11-13-24(14-12-22)34(32,33)29-15-7-2-3-8-16-29/h4-6,9-14,17,19H,2-3,7-8,15-16,18,20H2,1H3,(H,27,31). The number of anilines is 1. The Bertz CT molecular complexity index is 1180. The topological polar surface area (TPSA) is 87.5 Å². The number of rotatable bonds is 8. The van der Waals surface area contributed by atoms with Gasteiger partial charge in [-0.15, -0.1) is 0 Å². The summed E-state index contributed by atoms with van der Waals surface area (Å²) in [6.45, 7) is 1.91. The van der Waals surface area contributed by atoms with Gasteiger partial charge in [0.2, 0.25) is 15.9 Å². The van der Waals surface area contributed by atoms with Gasteiger partial charge in [0, 0.05) is 37.1 Å². The molecule has 1 aliphatic rings. The van der Waals surface area contributed by atoms with Gasteiger partial charge in [-0.05, 0) is 56.3 Å². The summed E-state index contributed by atoms with van der Waals surface area (Å²) in [5, 5.41) is 7.24. The molecule has 0 atom stereocenters. The first-order valence-electron chi connectivity index (χ1n) is 11.6. The van der Waals surface area contributed by atoms with Crippen LogP contribution in [0.2, 0.25) is 0 Å². The Morgan fingerprint density at radius 2 is 1.68 bits per heavy atom. The average molecular weight is 482 g/mol. The molecule has 9 heteroatoms. The lowest BCUT2D eigenvalue weighted by Crippen LogP contribution is -2.32. The maximum absolute atomic E-state index is 12.9. The largest absolute Gasteiger partial charge is 0.325 e. The molecule has 8 nitrogen and oxygen atoms in total. The zero-order valence-corrected chi connectivity index (χ0v) is 20.2. The molecule has 1 amide bonds. The third-order valence-corrected chi connectivity index (χ3v) is 7.78. The van der Waals surface area contributed by atoms with E-state index in [0.29, 0.717) is 25.3 Å². The van der Waals surface area contributed by atoms with Crippen molar-refractivity contribution in [2.75, 3.05) is 32.0 Å². The van der Waals surface area contributed by atoms with Crippen LogP contribution in [-0.2, 0) is 21.4 Å². The predicted molar refractivity (Wildman–Crippen MR) is 132 cm³/mol. The van der Waals surface area contributed by atoms with E-state index in [0.717, 1.165) is 36.9 Å². The molecular weight excluding hydrogens is 450 g/mol. The summed E-state index contributed by atoms with van der Waals surface area (Å²) in [4.78, 5) is 14.7. The molecule has 1 N–H and O–H groups in total. The van der Waals surface area contributed by atoms with Crippen LogP contribution in [0.4, 0.5) is 5.69 Å². The Kier molecular flexibility index (Phi) is 7.77. The third kappa shape index (κ3) is 6.11. The van der Waals surface area contributed by atoms with Gasteiger partial charge in [0.1, 0.15) is 0 Å². The minimum Gasteiger partial charge on any atom is -0.325 e. The number of carbonyl (C=O) groups is 1. The van der Waals surface area contributed by atoms with E-state index in [4.69, 9.17) is 0 Å². The van der Waals surface area contributed by atoms with E-state index in [2.05, 4.69) is 10.4 Å². The van der Waals surface area contributed by atoms with Gasteiger partial charge in [0.15, 0.2) is 0 Å². The normalized spacial score (nSPS) is 15.2. The number of para-hydroxylation sites is 1. The summed E-state index contributed by atoms with van der Waals surface area (Å²) in [5.41, 5.74) is 2.56. The Balaban J connectivity index is 1.30. The van der Waals surface area contributed by atoms with Crippen molar-refractivity contribution >= 4 is 21.6 Å². The van der Waals surface area contributed by atoms with Gasteiger partial charge in [-0.3, -0.25) is 9.69 Å². The van der Waals surface area contributed by atoms with Crippen molar-refractivity contribution in [3.63, 3.8) is 0 Å². The fourth-order valence-electron chi connectivity index (χ4n) is 4.12. The summed E-state index contributed by atoms with van der Waals surface area (Å²) in [7, 11) is -1.63. The predicted octanol–water partition coefficient (Wildman–Crippen LogP) is 3.51. The maximum atomic E-state index is 12.9. The van der Waals surface area contributed by atoms with Crippen LogP contribution in [-0.4, -0.2) is 60.0 Å². The highest BCUT2D eigenvalue weighted by molar-refractivity contribution is 7.89. The van der Waals surface area contributed by atoms with E-state index in [1.165, 1.54) is 0 Å². The zero-order valence-electron chi connectivity index (χ0n) is 19.4. The Labute approximate surface area is 201 Å². The van der Waals surface area contributed by atoms with Crippen molar-refractivity contribution in [1.82, 2.24) is 19.0 Å². The molecule has 0 bridgehead atoms. The number of hydrogen-bond donors (Lipinski definition) is 1. The van der Waals surface area contributed by atoms with Crippen LogP contribution in [0.25, 0.3) is 5.69 Å². The summed E-state index contributed by atoms with van der Waals surface area (Å²) in [5.74, 6) is -0.166. The van der Waals surface area contributed by atoms with E-state index in [-0.39, 0.29) is 17.3 Å². The van der Waals surface area contributed by atoms with Gasteiger partial charge < -0.3 is 5.32 Å². The Morgan fingerprint density at radius 1 is 1.00 bits per heavy atom. The third-order valence-electron chi connectivity index (χ3n) is 5.86. The van der Waals surface area contributed by atoms with E-state index in [1.807, 2.05) is 53.2 Å². The SMILES string of the molecule is CN(CC(=O)Nc1ccc(S(=O)(=O)N2CCCCCC2)cc1)Cc1cnn(-c2ccccc2)c1. The number of benzene rings is 2. The van der Waals surface area contributed by atoms with Crippen LogP contribution in [0.5, 0.6) is 0 Å². The average Bonchev–Trinajstić information content (AvgIpc) is 3.10. The maximum Gasteiger partial charge on any atom is 0.243 e. The van der Waals surface area contributed by atoms with Crippen molar-refractivity contribution in [2.24, 2.45) is 0 Å². The highest BCUT2D eigenvalue weighted by atomic mass is 32.2. The molecule has 0 unspecified atom stereocenters. The van der Waals surface area contributed by atoms with Gasteiger partial charge in [-0.2, -0.15) is 9.40 Å². The van der Waals surface area contributed by atoms with Gasteiger partial charge in [-0.25, -0.2) is 13.1 Å². The quantitative estimate of drug-likeness (QED) is 0.532. The number of nitrogens with one attached hydrogen (secondary N) is 1. The lowest BCUT2D eigenvalue weighted by atomic mass is 10.2. The highest BCUT2D eigenvalue weighted by Gasteiger charge is 2.25. The number of hydrogen-bond acceptors (Lipinski definition) is 5. The van der Waals surface area contributed by atoms with Crippen LogP contribution in [0.3, 0.4) is 0 Å². The fourth-order valence-corrected chi connectivity index (χ4v) is 5.64. The van der Waals surface area contributed by atoms with E-state index in [9.17, 15) is 13.2 Å². The van der Waals surface area contributed by atoms with Gasteiger partial charge >= 0.3 is 0 Å². The first-order chi connectivity index (χ1) is 16.4. The second-order valence-electron chi connectivity index (χ2n) is 8.69. The highest BCUT2D eigenvalue weighted by Crippen LogP contribution is 2.22. The zero-order chi connectivity index (χ0) is 24.0. The number of sulfonamides is 1. The molecule has 0 spiro atoms. The second-order valence-corrected chi connectivity index (χ2v) is 10.6. The Hall–Kier alpha value is -3.01. The van der Waals surface area contributed by atoms with Gasteiger partial charge in [0.05, 0.1) is 23.3 Å². The molecular formula is C25H31N5O3S. The smallest absolute Gasteiger partial charge is 0.243 e. The van der Waals surface area contributed by atoms with E-state index in [1.54, 1.807) is 34.8 Å². The summed E-state index contributed by atoms with van der Waals surface area (Å²) in [6, 6.07) is 16.3. The monoisotopic (exact) mass is 481 g/mol. The summed E-state index contributed by atoms with van der Waals surface area (Å²) in [6.07, 6.45) is 7.68. The first-order valence-corrected chi connectivity index (χ1v) is 13.0. The summed E-state index contributed by atoms with van der Waals surface area (Å²) >= 11 is 0. The number of carbonyl (C=O) groups excluding carboxylic acids is 1. The molecule has 1 fully saturated rings. The molecule has 1 saturated heterocycles.